The number of hydrogen-bond donors (Lipinski definition) is 2. The van der Waals surface area contributed by atoms with Gasteiger partial charge in [-0.2, -0.15) is 5.26 Å². The van der Waals surface area contributed by atoms with Gasteiger partial charge in [0.25, 0.3) is 0 Å². The van der Waals surface area contributed by atoms with Gasteiger partial charge in [0.2, 0.25) is 5.91 Å². The molecule has 140 valence electrons. The fraction of sp³-hybridized carbons (Fsp3) is 0.455. The highest BCUT2D eigenvalue weighted by molar-refractivity contribution is 7.16. The Bertz CT molecular complexity index is 909. The molecule has 1 amide bonds. The maximum atomic E-state index is 12.4. The topological polar surface area (TPSA) is 64.9 Å². The molecule has 0 saturated carbocycles. The Morgan fingerprint density at radius 2 is 2.00 bits per heavy atom. The maximum absolute atomic E-state index is 12.4. The van der Waals surface area contributed by atoms with Crippen LogP contribution in [0.5, 0.6) is 0 Å². The molecule has 0 aliphatic heterocycles. The summed E-state index contributed by atoms with van der Waals surface area (Å²) in [6, 6.07) is 9.11. The minimum atomic E-state index is -0.0868. The van der Waals surface area contributed by atoms with Crippen LogP contribution in [0.25, 0.3) is 0 Å². The highest BCUT2D eigenvalue weighted by Gasteiger charge is 2.23. The van der Waals surface area contributed by atoms with Gasteiger partial charge in [-0.15, -0.1) is 11.3 Å². The Morgan fingerprint density at radius 3 is 2.81 bits per heavy atom. The summed E-state index contributed by atoms with van der Waals surface area (Å²) in [6.07, 6.45) is 8.01. The quantitative estimate of drug-likeness (QED) is 0.815. The molecule has 5 heteroatoms. The Hall–Kier alpha value is -2.16. The van der Waals surface area contributed by atoms with Crippen LogP contribution in [-0.4, -0.2) is 12.5 Å². The molecule has 4 rings (SSSR count). The van der Waals surface area contributed by atoms with Crippen LogP contribution in [0.4, 0.5) is 5.00 Å². The second-order valence-electron chi connectivity index (χ2n) is 7.56. The molecule has 0 radical (unpaired) electrons. The van der Waals surface area contributed by atoms with Gasteiger partial charge >= 0.3 is 0 Å². The van der Waals surface area contributed by atoms with Crippen molar-refractivity contribution in [2.75, 3.05) is 11.9 Å². The van der Waals surface area contributed by atoms with E-state index in [9.17, 15) is 10.1 Å². The van der Waals surface area contributed by atoms with Crippen molar-refractivity contribution in [3.63, 3.8) is 0 Å². The number of aryl methyl sites for hydroxylation is 3. The van der Waals surface area contributed by atoms with Gasteiger partial charge in [-0.3, -0.25) is 4.79 Å². The van der Waals surface area contributed by atoms with E-state index in [2.05, 4.69) is 41.8 Å². The number of nitrogens with one attached hydrogen (secondary N) is 2. The van der Waals surface area contributed by atoms with Crippen molar-refractivity contribution >= 4 is 22.2 Å². The summed E-state index contributed by atoms with van der Waals surface area (Å²) in [5, 5.41) is 16.4. The van der Waals surface area contributed by atoms with E-state index in [1.165, 1.54) is 40.8 Å². The van der Waals surface area contributed by atoms with Crippen LogP contribution in [0.1, 0.15) is 64.9 Å². The molecule has 2 aliphatic rings. The van der Waals surface area contributed by atoms with E-state index in [0.29, 0.717) is 5.56 Å². The predicted molar refractivity (Wildman–Crippen MR) is 109 cm³/mol. The summed E-state index contributed by atoms with van der Waals surface area (Å²) >= 11 is 1.57. The number of carbonyl (C=O) groups excluding carboxylic acids is 1. The summed E-state index contributed by atoms with van der Waals surface area (Å²) < 4.78 is 0. The summed E-state index contributed by atoms with van der Waals surface area (Å²) in [5.74, 6) is -0.0868. The van der Waals surface area contributed by atoms with E-state index in [-0.39, 0.29) is 18.5 Å². The number of rotatable bonds is 5. The first kappa shape index (κ1) is 18.2. The third-order valence-corrected chi connectivity index (χ3v) is 6.93. The van der Waals surface area contributed by atoms with Crippen molar-refractivity contribution in [1.82, 2.24) is 5.32 Å². The van der Waals surface area contributed by atoms with E-state index in [1.54, 1.807) is 11.3 Å². The minimum absolute atomic E-state index is 0.0868. The molecule has 0 fully saturated rings. The standard InChI is InChI=1S/C22H25N3OS/c1-14(16-10-9-15-5-2-3-6-17(15)11-16)24-13-21(26)25-22-19(12-23)18-7-4-8-20(18)27-22/h9-11,14,24H,2-8,13H2,1H3,(H,25,26). The van der Waals surface area contributed by atoms with Crippen LogP contribution in [0.15, 0.2) is 18.2 Å². The van der Waals surface area contributed by atoms with Gasteiger partial charge in [-0.1, -0.05) is 18.2 Å². The summed E-state index contributed by atoms with van der Waals surface area (Å²) in [4.78, 5) is 13.7. The Balaban J connectivity index is 1.36. The lowest BCUT2D eigenvalue weighted by atomic mass is 9.89. The predicted octanol–water partition coefficient (Wildman–Crippen LogP) is 4.28. The first-order chi connectivity index (χ1) is 13.2. The van der Waals surface area contributed by atoms with Gasteiger partial charge in [0.05, 0.1) is 12.1 Å². The number of hydrogen-bond acceptors (Lipinski definition) is 4. The molecular weight excluding hydrogens is 354 g/mol. The number of anilines is 1. The fourth-order valence-electron chi connectivity index (χ4n) is 4.17. The largest absolute Gasteiger partial charge is 0.315 e. The van der Waals surface area contributed by atoms with Crippen molar-refractivity contribution in [3.05, 3.63) is 50.9 Å². The van der Waals surface area contributed by atoms with Crippen LogP contribution < -0.4 is 10.6 Å². The monoisotopic (exact) mass is 379 g/mol. The van der Waals surface area contributed by atoms with Crippen LogP contribution in [0.2, 0.25) is 0 Å². The van der Waals surface area contributed by atoms with Crippen LogP contribution in [-0.2, 0) is 30.5 Å². The highest BCUT2D eigenvalue weighted by Crippen LogP contribution is 2.38. The number of nitrogens with zero attached hydrogens (tertiary/aromatic N) is 1. The highest BCUT2D eigenvalue weighted by atomic mass is 32.1. The van der Waals surface area contributed by atoms with Crippen molar-refractivity contribution < 1.29 is 4.79 Å². The van der Waals surface area contributed by atoms with Gasteiger partial charge in [-0.05, 0) is 74.1 Å². The molecule has 1 unspecified atom stereocenters. The Labute approximate surface area is 164 Å². The molecule has 0 spiro atoms. The van der Waals surface area contributed by atoms with Gasteiger partial charge in [-0.25, -0.2) is 0 Å². The van der Waals surface area contributed by atoms with E-state index in [1.807, 2.05) is 0 Å². The summed E-state index contributed by atoms with van der Waals surface area (Å²) in [7, 11) is 0. The lowest BCUT2D eigenvalue weighted by Crippen LogP contribution is -2.30. The van der Waals surface area contributed by atoms with Gasteiger partial charge < -0.3 is 10.6 Å². The first-order valence-electron chi connectivity index (χ1n) is 9.85. The van der Waals surface area contributed by atoms with Crippen LogP contribution in [0, 0.1) is 11.3 Å². The number of benzene rings is 1. The van der Waals surface area contributed by atoms with E-state index in [4.69, 9.17) is 0 Å². The van der Waals surface area contributed by atoms with Gasteiger partial charge in [0.15, 0.2) is 0 Å². The maximum Gasteiger partial charge on any atom is 0.238 e. The zero-order chi connectivity index (χ0) is 18.8. The Morgan fingerprint density at radius 1 is 1.19 bits per heavy atom. The van der Waals surface area contributed by atoms with Crippen molar-refractivity contribution in [2.45, 2.75) is 57.9 Å². The van der Waals surface area contributed by atoms with Crippen molar-refractivity contribution in [2.24, 2.45) is 0 Å². The van der Waals surface area contributed by atoms with Crippen LogP contribution in [0.3, 0.4) is 0 Å². The number of amides is 1. The molecule has 1 aromatic heterocycles. The van der Waals surface area contributed by atoms with E-state index >= 15 is 0 Å². The fourth-order valence-corrected chi connectivity index (χ4v) is 5.42. The normalized spacial score (nSPS) is 16.3. The third kappa shape index (κ3) is 3.78. The van der Waals surface area contributed by atoms with E-state index < -0.39 is 0 Å². The molecule has 0 saturated heterocycles. The second kappa shape index (κ2) is 7.84. The number of thiophene rings is 1. The molecule has 4 nitrogen and oxygen atoms in total. The number of carbonyl (C=O) groups is 1. The zero-order valence-corrected chi connectivity index (χ0v) is 16.5. The Kier molecular flexibility index (Phi) is 5.29. The zero-order valence-electron chi connectivity index (χ0n) is 15.7. The molecule has 1 aromatic carbocycles. The molecule has 0 bridgehead atoms. The summed E-state index contributed by atoms with van der Waals surface area (Å²) in [6.45, 7) is 2.34. The summed E-state index contributed by atoms with van der Waals surface area (Å²) in [5.41, 5.74) is 5.99. The lowest BCUT2D eigenvalue weighted by molar-refractivity contribution is -0.115. The molecule has 1 atom stereocenters. The molecule has 2 aliphatic carbocycles. The first-order valence-corrected chi connectivity index (χ1v) is 10.7. The van der Waals surface area contributed by atoms with Crippen molar-refractivity contribution in [1.29, 1.82) is 5.26 Å². The third-order valence-electron chi connectivity index (χ3n) is 5.73. The average molecular weight is 380 g/mol. The molecule has 2 aromatic rings. The average Bonchev–Trinajstić information content (AvgIpc) is 3.26. The molecular formula is C22H25N3OS. The van der Waals surface area contributed by atoms with Gasteiger partial charge in [0, 0.05) is 10.9 Å². The van der Waals surface area contributed by atoms with Crippen LogP contribution >= 0.6 is 11.3 Å². The molecule has 27 heavy (non-hydrogen) atoms. The lowest BCUT2D eigenvalue weighted by Gasteiger charge is -2.20. The van der Waals surface area contributed by atoms with Crippen molar-refractivity contribution in [3.8, 4) is 6.07 Å². The minimum Gasteiger partial charge on any atom is -0.315 e. The van der Waals surface area contributed by atoms with Gasteiger partial charge in [0.1, 0.15) is 11.1 Å². The SMILES string of the molecule is CC(NCC(=O)Nc1sc2c(c1C#N)CCC2)c1ccc2c(c1)CCCC2. The number of fused-ring (bicyclic) bond motifs is 2. The smallest absolute Gasteiger partial charge is 0.238 e. The second-order valence-corrected chi connectivity index (χ2v) is 8.66. The molecule has 2 N–H and O–H groups in total. The van der Waals surface area contributed by atoms with E-state index in [0.717, 1.165) is 36.2 Å². The molecule has 1 heterocycles. The number of nitriles is 1.